The molecule has 3 aromatic rings. The fraction of sp³-hybridized carbons (Fsp3) is 0.364. The van der Waals surface area contributed by atoms with E-state index < -0.39 is 18.5 Å². The second-order valence-corrected chi connectivity index (χ2v) is 7.61. The highest BCUT2D eigenvalue weighted by Crippen LogP contribution is 2.47. The molecule has 1 saturated carbocycles. The summed E-state index contributed by atoms with van der Waals surface area (Å²) in [6.45, 7) is 3.57. The molecule has 0 aliphatic heterocycles. The van der Waals surface area contributed by atoms with E-state index in [9.17, 15) is 13.6 Å². The van der Waals surface area contributed by atoms with E-state index in [1.54, 1.807) is 19.2 Å². The lowest BCUT2D eigenvalue weighted by Gasteiger charge is -2.12. The Kier molecular flexibility index (Phi) is 5.57. The fourth-order valence-electron chi connectivity index (χ4n) is 3.42. The zero-order valence-corrected chi connectivity index (χ0v) is 16.8. The van der Waals surface area contributed by atoms with Crippen molar-refractivity contribution in [3.63, 3.8) is 0 Å². The molecule has 3 heterocycles. The van der Waals surface area contributed by atoms with Gasteiger partial charge in [-0.1, -0.05) is 6.07 Å². The number of ether oxygens (including phenoxy) is 1. The van der Waals surface area contributed by atoms with E-state index >= 15 is 0 Å². The van der Waals surface area contributed by atoms with Gasteiger partial charge >= 0.3 is 0 Å². The topological polar surface area (TPSA) is 69.9 Å². The Hall–Kier alpha value is -3.16. The lowest BCUT2D eigenvalue weighted by atomic mass is 10.1. The molecule has 2 atom stereocenters. The van der Waals surface area contributed by atoms with Gasteiger partial charge in [0.2, 0.25) is 5.88 Å². The van der Waals surface area contributed by atoms with Gasteiger partial charge in [0.25, 0.3) is 12.0 Å². The molecule has 0 N–H and O–H groups in total. The number of halogens is 2. The van der Waals surface area contributed by atoms with Crippen molar-refractivity contribution in [3.8, 4) is 17.0 Å². The quantitative estimate of drug-likeness (QED) is 0.591. The van der Waals surface area contributed by atoms with Crippen molar-refractivity contribution in [1.82, 2.24) is 19.5 Å². The molecule has 0 radical (unpaired) electrons. The molecule has 156 valence electrons. The average molecular weight is 412 g/mol. The maximum atomic E-state index is 12.8. The lowest BCUT2D eigenvalue weighted by molar-refractivity contribution is 0.125. The summed E-state index contributed by atoms with van der Waals surface area (Å²) in [7, 11) is 0. The zero-order valence-electron chi connectivity index (χ0n) is 16.8. The Balaban J connectivity index is 1.52. The zero-order chi connectivity index (χ0) is 21.3. The van der Waals surface area contributed by atoms with Gasteiger partial charge in [-0.05, 0) is 38.0 Å². The Morgan fingerprint density at radius 3 is 2.73 bits per heavy atom. The summed E-state index contributed by atoms with van der Waals surface area (Å²) in [5.41, 5.74) is 2.82. The van der Waals surface area contributed by atoms with E-state index in [2.05, 4.69) is 21.0 Å². The average Bonchev–Trinajstić information content (AvgIpc) is 3.48. The van der Waals surface area contributed by atoms with Gasteiger partial charge in [-0.3, -0.25) is 9.78 Å². The Morgan fingerprint density at radius 1 is 1.17 bits per heavy atom. The Morgan fingerprint density at radius 2 is 2.00 bits per heavy atom. The van der Waals surface area contributed by atoms with E-state index in [4.69, 9.17) is 4.74 Å². The first-order chi connectivity index (χ1) is 14.4. The highest BCUT2D eigenvalue weighted by atomic mass is 19.3. The maximum Gasteiger partial charge on any atom is 0.256 e. The predicted molar refractivity (Wildman–Crippen MR) is 108 cm³/mol. The third kappa shape index (κ3) is 4.53. The maximum absolute atomic E-state index is 12.8. The molecule has 1 aliphatic carbocycles. The summed E-state index contributed by atoms with van der Waals surface area (Å²) in [5.74, 6) is 1.63. The molecular weight excluding hydrogens is 390 g/mol. The van der Waals surface area contributed by atoms with Crippen molar-refractivity contribution in [1.29, 1.82) is 0 Å². The van der Waals surface area contributed by atoms with Gasteiger partial charge in [-0.2, -0.15) is 4.98 Å². The van der Waals surface area contributed by atoms with Crippen molar-refractivity contribution in [2.45, 2.75) is 39.2 Å². The number of alkyl halides is 2. The van der Waals surface area contributed by atoms with E-state index in [0.717, 1.165) is 22.2 Å². The molecule has 8 heteroatoms. The molecule has 0 bridgehead atoms. The molecule has 3 aromatic heterocycles. The van der Waals surface area contributed by atoms with Crippen LogP contribution in [0, 0.1) is 19.8 Å². The second-order valence-electron chi connectivity index (χ2n) is 7.61. The number of aromatic nitrogens is 4. The minimum Gasteiger partial charge on any atom is -0.477 e. The monoisotopic (exact) mass is 412 g/mol. The minimum atomic E-state index is -2.62. The molecule has 4 rings (SSSR count). The molecule has 6 nitrogen and oxygen atoms in total. The number of aryl methyl sites for hydroxylation is 2. The van der Waals surface area contributed by atoms with Crippen molar-refractivity contribution >= 4 is 0 Å². The highest BCUT2D eigenvalue weighted by Gasteiger charge is 2.40. The molecule has 0 aromatic carbocycles. The first-order valence-electron chi connectivity index (χ1n) is 9.78. The number of hydrogen-bond donors (Lipinski definition) is 0. The van der Waals surface area contributed by atoms with E-state index in [1.165, 1.54) is 12.3 Å². The van der Waals surface area contributed by atoms with Gasteiger partial charge in [0.1, 0.15) is 5.82 Å². The third-order valence-electron chi connectivity index (χ3n) is 5.17. The summed E-state index contributed by atoms with van der Waals surface area (Å²) in [5, 5.41) is 0. The van der Waals surface area contributed by atoms with Gasteiger partial charge in [-0.25, -0.2) is 13.8 Å². The van der Waals surface area contributed by atoms with Gasteiger partial charge < -0.3 is 9.30 Å². The van der Waals surface area contributed by atoms with E-state index in [0.29, 0.717) is 41.3 Å². The van der Waals surface area contributed by atoms with Crippen LogP contribution in [0.4, 0.5) is 8.78 Å². The molecule has 1 aliphatic rings. The van der Waals surface area contributed by atoms with Crippen molar-refractivity contribution in [2.24, 2.45) is 5.92 Å². The summed E-state index contributed by atoms with van der Waals surface area (Å²) in [6, 6.07) is 6.94. The van der Waals surface area contributed by atoms with Crippen LogP contribution in [0.3, 0.4) is 0 Å². The second kappa shape index (κ2) is 8.30. The van der Waals surface area contributed by atoms with Crippen LogP contribution in [0.1, 0.15) is 29.4 Å². The number of pyridine rings is 2. The SMILES string of the molecule is Cc1ccc([C@H]2C[C@@H]2COc2nc(C)ncc2-c2ccc(=O)n(CC(F)F)c2)nc1. The van der Waals surface area contributed by atoms with Crippen molar-refractivity contribution in [3.05, 3.63) is 70.3 Å². The summed E-state index contributed by atoms with van der Waals surface area (Å²) in [4.78, 5) is 24.9. The molecule has 0 saturated heterocycles. The van der Waals surface area contributed by atoms with Crippen LogP contribution < -0.4 is 10.3 Å². The van der Waals surface area contributed by atoms with Crippen molar-refractivity contribution in [2.75, 3.05) is 6.61 Å². The Labute approximate surface area is 172 Å². The largest absolute Gasteiger partial charge is 0.477 e. The minimum absolute atomic E-state index is 0.344. The van der Waals surface area contributed by atoms with Crippen LogP contribution >= 0.6 is 0 Å². The fourth-order valence-corrected chi connectivity index (χ4v) is 3.42. The smallest absolute Gasteiger partial charge is 0.256 e. The molecule has 0 amide bonds. The summed E-state index contributed by atoms with van der Waals surface area (Å²) >= 11 is 0. The predicted octanol–water partition coefficient (Wildman–Crippen LogP) is 3.76. The third-order valence-corrected chi connectivity index (χ3v) is 5.17. The summed E-state index contributed by atoms with van der Waals surface area (Å²) < 4.78 is 32.5. The van der Waals surface area contributed by atoms with Crippen LogP contribution in [-0.2, 0) is 6.54 Å². The van der Waals surface area contributed by atoms with Crippen LogP contribution in [0.5, 0.6) is 5.88 Å². The number of hydrogen-bond acceptors (Lipinski definition) is 5. The van der Waals surface area contributed by atoms with Crippen LogP contribution in [0.2, 0.25) is 0 Å². The first-order valence-corrected chi connectivity index (χ1v) is 9.78. The summed E-state index contributed by atoms with van der Waals surface area (Å²) in [6.07, 6.45) is 3.23. The lowest BCUT2D eigenvalue weighted by Crippen LogP contribution is -2.22. The Bertz CT molecular complexity index is 1100. The normalized spacial score (nSPS) is 17.9. The number of rotatable bonds is 7. The highest BCUT2D eigenvalue weighted by molar-refractivity contribution is 5.66. The van der Waals surface area contributed by atoms with Gasteiger partial charge in [0.05, 0.1) is 18.7 Å². The van der Waals surface area contributed by atoms with E-state index in [1.807, 2.05) is 19.2 Å². The standard InChI is InChI=1S/C22H22F2N4O2/c1-13-3-5-19(26-8-13)17-7-16(17)12-30-22-18(9-25-14(2)27-22)15-4-6-21(29)28(10-15)11-20(23)24/h3-6,8-10,16-17,20H,7,11-12H2,1-2H3/t16-,17+/m1/s1. The van der Waals surface area contributed by atoms with Gasteiger partial charge in [-0.15, -0.1) is 0 Å². The van der Waals surface area contributed by atoms with Crippen LogP contribution in [-0.4, -0.2) is 32.6 Å². The number of nitrogens with zero attached hydrogens (tertiary/aromatic N) is 4. The van der Waals surface area contributed by atoms with Crippen molar-refractivity contribution < 1.29 is 13.5 Å². The van der Waals surface area contributed by atoms with Crippen LogP contribution in [0.15, 0.2) is 47.7 Å². The van der Waals surface area contributed by atoms with E-state index in [-0.39, 0.29) is 0 Å². The van der Waals surface area contributed by atoms with Crippen LogP contribution in [0.25, 0.3) is 11.1 Å². The van der Waals surface area contributed by atoms with Gasteiger partial charge in [0, 0.05) is 47.8 Å². The molecule has 0 spiro atoms. The molecular formula is C22H22F2N4O2. The van der Waals surface area contributed by atoms with Gasteiger partial charge in [0.15, 0.2) is 0 Å². The molecule has 30 heavy (non-hydrogen) atoms. The molecule has 1 fully saturated rings. The molecule has 0 unspecified atom stereocenters. The first kappa shape index (κ1) is 20.1.